The van der Waals surface area contributed by atoms with E-state index >= 15 is 0 Å². The van der Waals surface area contributed by atoms with E-state index in [2.05, 4.69) is 10.1 Å². The van der Waals surface area contributed by atoms with Crippen LogP contribution in [0, 0.1) is 11.6 Å². The third kappa shape index (κ3) is 4.62. The molecule has 0 aliphatic carbocycles. The number of hydrogen-bond donors (Lipinski definition) is 1. The molecular formula is C14H10F5NO. The molecule has 0 radical (unpaired) electrons. The Balaban J connectivity index is 2.06. The molecule has 0 saturated heterocycles. The van der Waals surface area contributed by atoms with Crippen LogP contribution in [0.1, 0.15) is 5.56 Å². The van der Waals surface area contributed by atoms with Crippen molar-refractivity contribution < 1.29 is 26.7 Å². The molecule has 0 bridgehead atoms. The van der Waals surface area contributed by atoms with Crippen molar-refractivity contribution >= 4 is 5.69 Å². The predicted molar refractivity (Wildman–Crippen MR) is 66.8 cm³/mol. The Morgan fingerprint density at radius 1 is 1.00 bits per heavy atom. The zero-order valence-electron chi connectivity index (χ0n) is 10.5. The second-order valence-electron chi connectivity index (χ2n) is 4.17. The van der Waals surface area contributed by atoms with Gasteiger partial charge in [-0.3, -0.25) is 0 Å². The minimum Gasteiger partial charge on any atom is -0.406 e. The molecule has 7 heteroatoms. The van der Waals surface area contributed by atoms with Gasteiger partial charge in [0, 0.05) is 6.54 Å². The van der Waals surface area contributed by atoms with E-state index in [1.807, 2.05) is 0 Å². The number of anilines is 1. The van der Waals surface area contributed by atoms with Crippen LogP contribution in [0.3, 0.4) is 0 Å². The lowest BCUT2D eigenvalue weighted by atomic mass is 10.2. The van der Waals surface area contributed by atoms with E-state index in [4.69, 9.17) is 0 Å². The van der Waals surface area contributed by atoms with Crippen molar-refractivity contribution in [3.8, 4) is 5.75 Å². The zero-order valence-corrected chi connectivity index (χ0v) is 10.5. The third-order valence-corrected chi connectivity index (χ3v) is 2.54. The number of benzene rings is 2. The highest BCUT2D eigenvalue weighted by Gasteiger charge is 2.31. The summed E-state index contributed by atoms with van der Waals surface area (Å²) in [6.07, 6.45) is -4.78. The molecule has 0 aromatic heterocycles. The molecule has 21 heavy (non-hydrogen) atoms. The van der Waals surface area contributed by atoms with Crippen molar-refractivity contribution in [1.82, 2.24) is 0 Å². The molecule has 0 amide bonds. The van der Waals surface area contributed by atoms with Crippen LogP contribution in [-0.4, -0.2) is 6.36 Å². The molecule has 0 aliphatic rings. The highest BCUT2D eigenvalue weighted by atomic mass is 19.4. The van der Waals surface area contributed by atoms with Gasteiger partial charge in [0.2, 0.25) is 0 Å². The van der Waals surface area contributed by atoms with Gasteiger partial charge in [0.25, 0.3) is 0 Å². The second-order valence-corrected chi connectivity index (χ2v) is 4.17. The Labute approximate surface area is 117 Å². The maximum Gasteiger partial charge on any atom is 0.573 e. The number of ether oxygens (including phenoxy) is 1. The van der Waals surface area contributed by atoms with Crippen LogP contribution in [0.2, 0.25) is 0 Å². The molecule has 1 N–H and O–H groups in total. The van der Waals surface area contributed by atoms with E-state index in [0.717, 1.165) is 30.3 Å². The van der Waals surface area contributed by atoms with E-state index in [9.17, 15) is 22.0 Å². The molecule has 2 nitrogen and oxygen atoms in total. The fourth-order valence-electron chi connectivity index (χ4n) is 1.68. The molecule has 0 aliphatic heterocycles. The van der Waals surface area contributed by atoms with Crippen LogP contribution in [0.5, 0.6) is 5.75 Å². The fourth-order valence-corrected chi connectivity index (χ4v) is 1.68. The molecule has 2 aromatic rings. The highest BCUT2D eigenvalue weighted by Crippen LogP contribution is 2.24. The van der Waals surface area contributed by atoms with Crippen LogP contribution in [-0.2, 0) is 6.54 Å². The molecule has 2 rings (SSSR count). The number of halogens is 5. The summed E-state index contributed by atoms with van der Waals surface area (Å²) in [4.78, 5) is 0. The molecule has 0 unspecified atom stereocenters. The third-order valence-electron chi connectivity index (χ3n) is 2.54. The summed E-state index contributed by atoms with van der Waals surface area (Å²) in [7, 11) is 0. The van der Waals surface area contributed by atoms with Gasteiger partial charge in [-0.25, -0.2) is 8.78 Å². The predicted octanol–water partition coefficient (Wildman–Crippen LogP) is 4.48. The highest BCUT2D eigenvalue weighted by molar-refractivity contribution is 5.45. The van der Waals surface area contributed by atoms with Crippen molar-refractivity contribution in [2.24, 2.45) is 0 Å². The van der Waals surface area contributed by atoms with E-state index in [0.29, 0.717) is 5.56 Å². The average molecular weight is 303 g/mol. The number of alkyl halides is 3. The van der Waals surface area contributed by atoms with Crippen LogP contribution < -0.4 is 10.1 Å². The smallest absolute Gasteiger partial charge is 0.406 e. The Hall–Kier alpha value is -2.31. The Kier molecular flexibility index (Phi) is 4.30. The summed E-state index contributed by atoms with van der Waals surface area (Å²) in [5, 5.41) is 2.61. The van der Waals surface area contributed by atoms with Crippen molar-refractivity contribution in [1.29, 1.82) is 0 Å². The van der Waals surface area contributed by atoms with E-state index in [-0.39, 0.29) is 18.0 Å². The Bertz CT molecular complexity index is 627. The maximum atomic E-state index is 13.4. The van der Waals surface area contributed by atoms with Crippen LogP contribution in [0.4, 0.5) is 27.6 Å². The number of nitrogens with one attached hydrogen (secondary N) is 1. The minimum absolute atomic E-state index is 0.0232. The zero-order chi connectivity index (χ0) is 15.5. The van der Waals surface area contributed by atoms with E-state index in [1.165, 1.54) is 12.1 Å². The fraction of sp³-hybridized carbons (Fsp3) is 0.143. The van der Waals surface area contributed by atoms with Crippen LogP contribution >= 0.6 is 0 Å². The first-order valence-corrected chi connectivity index (χ1v) is 5.87. The SMILES string of the molecule is Fc1ccc(F)c(NCc2cccc(OC(F)(F)F)c2)c1. The van der Waals surface area contributed by atoms with Gasteiger partial charge in [-0.2, -0.15) is 0 Å². The summed E-state index contributed by atoms with van der Waals surface area (Å²) in [5.41, 5.74) is 0.359. The maximum absolute atomic E-state index is 13.4. The Morgan fingerprint density at radius 3 is 2.48 bits per heavy atom. The molecule has 0 fully saturated rings. The molecule has 2 aromatic carbocycles. The van der Waals surface area contributed by atoms with Crippen molar-refractivity contribution in [3.05, 3.63) is 59.7 Å². The van der Waals surface area contributed by atoms with Crippen molar-refractivity contribution in [2.75, 3.05) is 5.32 Å². The van der Waals surface area contributed by atoms with Gasteiger partial charge in [-0.1, -0.05) is 12.1 Å². The average Bonchev–Trinajstić information content (AvgIpc) is 2.38. The molecule has 112 valence electrons. The molecule has 0 spiro atoms. The first kappa shape index (κ1) is 15.1. The number of hydrogen-bond acceptors (Lipinski definition) is 2. The van der Waals surface area contributed by atoms with Gasteiger partial charge in [0.05, 0.1) is 5.69 Å². The lowest BCUT2D eigenvalue weighted by molar-refractivity contribution is -0.274. The van der Waals surface area contributed by atoms with Crippen LogP contribution in [0.15, 0.2) is 42.5 Å². The first-order valence-electron chi connectivity index (χ1n) is 5.87. The largest absolute Gasteiger partial charge is 0.573 e. The summed E-state index contributed by atoms with van der Waals surface area (Å²) >= 11 is 0. The minimum atomic E-state index is -4.78. The van der Waals surface area contributed by atoms with Gasteiger partial charge in [0.15, 0.2) is 0 Å². The number of rotatable bonds is 4. The van der Waals surface area contributed by atoms with E-state index < -0.39 is 18.0 Å². The normalized spacial score (nSPS) is 11.3. The van der Waals surface area contributed by atoms with E-state index in [1.54, 1.807) is 0 Å². The molecule has 0 saturated carbocycles. The second kappa shape index (κ2) is 5.99. The van der Waals surface area contributed by atoms with Crippen molar-refractivity contribution in [2.45, 2.75) is 12.9 Å². The van der Waals surface area contributed by atoms with Gasteiger partial charge < -0.3 is 10.1 Å². The molecule has 0 atom stereocenters. The first-order chi connectivity index (χ1) is 9.83. The summed E-state index contributed by atoms with van der Waals surface area (Å²) < 4.78 is 66.4. The lowest BCUT2D eigenvalue weighted by Gasteiger charge is -2.11. The summed E-state index contributed by atoms with van der Waals surface area (Å²) in [6, 6.07) is 8.12. The quantitative estimate of drug-likeness (QED) is 0.841. The molecular weight excluding hydrogens is 293 g/mol. The van der Waals surface area contributed by atoms with Gasteiger partial charge >= 0.3 is 6.36 Å². The lowest BCUT2D eigenvalue weighted by Crippen LogP contribution is -2.17. The monoisotopic (exact) mass is 303 g/mol. The van der Waals surface area contributed by atoms with Gasteiger partial charge in [-0.05, 0) is 35.9 Å². The van der Waals surface area contributed by atoms with Gasteiger partial charge in [-0.15, -0.1) is 13.2 Å². The Morgan fingerprint density at radius 2 is 1.76 bits per heavy atom. The summed E-state index contributed by atoms with van der Waals surface area (Å²) in [6.45, 7) is 0.0232. The van der Waals surface area contributed by atoms with Crippen molar-refractivity contribution in [3.63, 3.8) is 0 Å². The summed E-state index contributed by atoms with van der Waals surface area (Å²) in [5.74, 6) is -1.64. The van der Waals surface area contributed by atoms with Gasteiger partial charge in [0.1, 0.15) is 17.4 Å². The van der Waals surface area contributed by atoms with Crippen LogP contribution in [0.25, 0.3) is 0 Å². The topological polar surface area (TPSA) is 21.3 Å². The molecule has 0 heterocycles. The standard InChI is InChI=1S/C14H10F5NO/c15-10-4-5-12(16)13(7-10)20-8-9-2-1-3-11(6-9)21-14(17,18)19/h1-7,20H,8H2.